The number of anilines is 2. The second-order valence-electron chi connectivity index (χ2n) is 6.94. The molecule has 0 aliphatic heterocycles. The third kappa shape index (κ3) is 2.92. The molecule has 0 aliphatic rings. The van der Waals surface area contributed by atoms with Gasteiger partial charge >= 0.3 is 0 Å². The summed E-state index contributed by atoms with van der Waals surface area (Å²) >= 11 is 7.48. The molecule has 4 N–H and O–H groups in total. The lowest BCUT2D eigenvalue weighted by Crippen LogP contribution is -1.91. The van der Waals surface area contributed by atoms with Gasteiger partial charge in [-0.2, -0.15) is 0 Å². The number of hydrogen-bond donors (Lipinski definition) is 2. The molecule has 0 amide bonds. The summed E-state index contributed by atoms with van der Waals surface area (Å²) < 4.78 is 14.7. The Morgan fingerprint density at radius 2 is 1.45 bits per heavy atom. The zero-order valence-electron chi connectivity index (χ0n) is 15.2. The molecule has 142 valence electrons. The molecule has 29 heavy (non-hydrogen) atoms. The number of nitrogens with two attached hydrogens (primary N) is 2. The van der Waals surface area contributed by atoms with E-state index in [4.69, 9.17) is 23.1 Å². The highest BCUT2D eigenvalue weighted by Crippen LogP contribution is 2.46. The molecule has 4 aromatic carbocycles. The van der Waals surface area contributed by atoms with Crippen LogP contribution in [0.2, 0.25) is 5.02 Å². The molecule has 1 heterocycles. The zero-order valence-corrected chi connectivity index (χ0v) is 16.8. The van der Waals surface area contributed by atoms with Crippen molar-refractivity contribution < 1.29 is 4.39 Å². The number of rotatable bonds is 2. The van der Waals surface area contributed by atoms with Crippen molar-refractivity contribution in [1.29, 1.82) is 0 Å². The lowest BCUT2D eigenvalue weighted by molar-refractivity contribution is 0.628. The highest BCUT2D eigenvalue weighted by Gasteiger charge is 2.17. The molecule has 5 aromatic rings. The molecule has 0 saturated carbocycles. The molecule has 5 heteroatoms. The summed E-state index contributed by atoms with van der Waals surface area (Å²) in [5.41, 5.74) is 17.0. The van der Waals surface area contributed by atoms with Gasteiger partial charge in [0.2, 0.25) is 0 Å². The molecule has 2 nitrogen and oxygen atoms in total. The van der Waals surface area contributed by atoms with E-state index in [9.17, 15) is 4.39 Å². The van der Waals surface area contributed by atoms with E-state index >= 15 is 0 Å². The number of thiophene rings is 1. The van der Waals surface area contributed by atoms with Crippen molar-refractivity contribution in [3.63, 3.8) is 0 Å². The standard InChI is InChI=1S/C24H16ClFN2S/c25-19-12-16(7-10-20(19)26)17-8-9-18(23-21(17)22(27)24(28)29-23)15-6-5-13-3-1-2-4-14(13)11-15/h1-12H,27-28H2. The normalized spacial score (nSPS) is 11.4. The van der Waals surface area contributed by atoms with Gasteiger partial charge in [0.25, 0.3) is 0 Å². The fourth-order valence-electron chi connectivity index (χ4n) is 3.73. The first kappa shape index (κ1) is 18.0. The second kappa shape index (κ2) is 6.76. The molecule has 0 bridgehead atoms. The Labute approximate surface area is 176 Å². The first-order chi connectivity index (χ1) is 14.0. The van der Waals surface area contributed by atoms with Crippen molar-refractivity contribution >= 4 is 54.5 Å². The van der Waals surface area contributed by atoms with Gasteiger partial charge in [-0.15, -0.1) is 11.3 Å². The second-order valence-corrected chi connectivity index (χ2v) is 8.40. The number of halogens is 2. The lowest BCUT2D eigenvalue weighted by Gasteiger charge is -2.11. The van der Waals surface area contributed by atoms with Crippen LogP contribution in [0.25, 0.3) is 43.1 Å². The Hall–Kier alpha value is -3.08. The molecule has 1 aromatic heterocycles. The maximum Gasteiger partial charge on any atom is 0.141 e. The maximum atomic E-state index is 13.7. The summed E-state index contributed by atoms with van der Waals surface area (Å²) in [4.78, 5) is 0. The van der Waals surface area contributed by atoms with E-state index in [1.165, 1.54) is 28.2 Å². The molecule has 0 aliphatic carbocycles. The Morgan fingerprint density at radius 1 is 0.759 bits per heavy atom. The van der Waals surface area contributed by atoms with Crippen LogP contribution in [0.3, 0.4) is 0 Å². The van der Waals surface area contributed by atoms with Gasteiger partial charge in [-0.1, -0.05) is 66.2 Å². The van der Waals surface area contributed by atoms with E-state index in [-0.39, 0.29) is 5.02 Å². The van der Waals surface area contributed by atoms with Crippen LogP contribution in [0.15, 0.2) is 72.8 Å². The van der Waals surface area contributed by atoms with E-state index in [0.29, 0.717) is 10.7 Å². The maximum absolute atomic E-state index is 13.7. The minimum Gasteiger partial charge on any atom is -0.396 e. The Bertz CT molecular complexity index is 1410. The molecule has 0 spiro atoms. The van der Waals surface area contributed by atoms with Crippen molar-refractivity contribution in [2.24, 2.45) is 0 Å². The third-order valence-corrected chi connectivity index (χ3v) is 6.55. The van der Waals surface area contributed by atoms with Gasteiger partial charge < -0.3 is 11.5 Å². The van der Waals surface area contributed by atoms with Gasteiger partial charge in [-0.05, 0) is 51.2 Å². The van der Waals surface area contributed by atoms with Crippen LogP contribution in [-0.4, -0.2) is 0 Å². The summed E-state index contributed by atoms with van der Waals surface area (Å²) in [7, 11) is 0. The van der Waals surface area contributed by atoms with Crippen molar-refractivity contribution in [1.82, 2.24) is 0 Å². The average Bonchev–Trinajstić information content (AvgIpc) is 3.04. The largest absolute Gasteiger partial charge is 0.396 e. The van der Waals surface area contributed by atoms with Crippen molar-refractivity contribution in [2.75, 3.05) is 11.5 Å². The minimum atomic E-state index is -0.447. The van der Waals surface area contributed by atoms with Gasteiger partial charge in [-0.3, -0.25) is 0 Å². The fraction of sp³-hybridized carbons (Fsp3) is 0. The summed E-state index contributed by atoms with van der Waals surface area (Å²) in [5.74, 6) is -0.447. The van der Waals surface area contributed by atoms with Crippen LogP contribution in [0.4, 0.5) is 15.1 Å². The van der Waals surface area contributed by atoms with E-state index in [1.807, 2.05) is 18.2 Å². The van der Waals surface area contributed by atoms with Crippen LogP contribution in [-0.2, 0) is 0 Å². The smallest absolute Gasteiger partial charge is 0.141 e. The SMILES string of the molecule is Nc1sc2c(-c3ccc4ccccc4c3)ccc(-c3ccc(F)c(Cl)c3)c2c1N. The van der Waals surface area contributed by atoms with Gasteiger partial charge in [0.15, 0.2) is 0 Å². The molecular weight excluding hydrogens is 403 g/mol. The van der Waals surface area contributed by atoms with Crippen molar-refractivity contribution in [3.05, 3.63) is 83.6 Å². The Kier molecular flexibility index (Phi) is 4.19. The topological polar surface area (TPSA) is 52.0 Å². The number of benzene rings is 4. The van der Waals surface area contributed by atoms with E-state index in [0.717, 1.165) is 32.3 Å². The highest BCUT2D eigenvalue weighted by atomic mass is 35.5. The molecule has 0 unspecified atom stereocenters. The summed E-state index contributed by atoms with van der Waals surface area (Å²) in [6.07, 6.45) is 0. The molecule has 5 rings (SSSR count). The van der Waals surface area contributed by atoms with Gasteiger partial charge in [0, 0.05) is 10.1 Å². The zero-order chi connectivity index (χ0) is 20.1. The molecular formula is C24H16ClFN2S. The molecule has 0 fully saturated rings. The number of fused-ring (bicyclic) bond motifs is 2. The third-order valence-electron chi connectivity index (χ3n) is 5.20. The Morgan fingerprint density at radius 3 is 2.24 bits per heavy atom. The predicted molar refractivity (Wildman–Crippen MR) is 124 cm³/mol. The van der Waals surface area contributed by atoms with Crippen LogP contribution in [0.1, 0.15) is 0 Å². The van der Waals surface area contributed by atoms with Gasteiger partial charge in [-0.25, -0.2) is 4.39 Å². The van der Waals surface area contributed by atoms with Crippen LogP contribution in [0.5, 0.6) is 0 Å². The van der Waals surface area contributed by atoms with Crippen LogP contribution < -0.4 is 11.5 Å². The van der Waals surface area contributed by atoms with E-state index in [2.05, 4.69) is 36.4 Å². The summed E-state index contributed by atoms with van der Waals surface area (Å²) in [5, 5.41) is 3.89. The predicted octanol–water partition coefficient (Wildman–Crippen LogP) is 7.35. The summed E-state index contributed by atoms with van der Waals surface area (Å²) in [6, 6.07) is 23.4. The van der Waals surface area contributed by atoms with Crippen molar-refractivity contribution in [2.45, 2.75) is 0 Å². The van der Waals surface area contributed by atoms with Crippen LogP contribution in [0, 0.1) is 5.82 Å². The Balaban J connectivity index is 1.78. The highest BCUT2D eigenvalue weighted by molar-refractivity contribution is 7.24. The first-order valence-corrected chi connectivity index (χ1v) is 10.3. The minimum absolute atomic E-state index is 0.0797. The summed E-state index contributed by atoms with van der Waals surface area (Å²) in [6.45, 7) is 0. The average molecular weight is 419 g/mol. The van der Waals surface area contributed by atoms with E-state index in [1.54, 1.807) is 12.1 Å². The van der Waals surface area contributed by atoms with Gasteiger partial charge in [0.1, 0.15) is 10.8 Å². The quantitative estimate of drug-likeness (QED) is 0.315. The van der Waals surface area contributed by atoms with Gasteiger partial charge in [0.05, 0.1) is 10.7 Å². The molecule has 0 atom stereocenters. The monoisotopic (exact) mass is 418 g/mol. The fourth-order valence-corrected chi connectivity index (χ4v) is 4.96. The molecule has 0 radical (unpaired) electrons. The number of nitrogen functional groups attached to an aromatic ring is 2. The number of hydrogen-bond acceptors (Lipinski definition) is 3. The first-order valence-electron chi connectivity index (χ1n) is 9.08. The van der Waals surface area contributed by atoms with E-state index < -0.39 is 5.82 Å². The van der Waals surface area contributed by atoms with Crippen molar-refractivity contribution in [3.8, 4) is 22.3 Å². The van der Waals surface area contributed by atoms with Crippen LogP contribution >= 0.6 is 22.9 Å². The lowest BCUT2D eigenvalue weighted by atomic mass is 9.95. The molecule has 0 saturated heterocycles.